The summed E-state index contributed by atoms with van der Waals surface area (Å²) in [7, 11) is 1.74. The van der Waals surface area contributed by atoms with Gasteiger partial charge < -0.3 is 10.1 Å². The molecule has 1 aliphatic rings. The van der Waals surface area contributed by atoms with Crippen LogP contribution in [0.4, 0.5) is 13.2 Å². The van der Waals surface area contributed by atoms with E-state index in [9.17, 15) is 18.0 Å². The van der Waals surface area contributed by atoms with Crippen molar-refractivity contribution in [3.8, 4) is 0 Å². The average Bonchev–Trinajstić information content (AvgIpc) is 2.76. The van der Waals surface area contributed by atoms with Crippen LogP contribution < -0.4 is 5.32 Å². The molecule has 8 heteroatoms. The highest BCUT2D eigenvalue weighted by Gasteiger charge is 2.62. The molecule has 1 saturated heterocycles. The van der Waals surface area contributed by atoms with E-state index < -0.39 is 17.7 Å². The van der Waals surface area contributed by atoms with Crippen LogP contribution in [0.15, 0.2) is 6.07 Å². The predicted octanol–water partition coefficient (Wildman–Crippen LogP) is 3.65. The Labute approximate surface area is 152 Å². The molecule has 1 fully saturated rings. The number of hydrogen-bond acceptors (Lipinski definition) is 3. The van der Waals surface area contributed by atoms with Gasteiger partial charge in [-0.05, 0) is 38.2 Å². The number of hydrogen-bond donors (Lipinski definition) is 1. The van der Waals surface area contributed by atoms with Crippen LogP contribution in [-0.2, 0) is 23.1 Å². The summed E-state index contributed by atoms with van der Waals surface area (Å²) in [6, 6.07) is 1.73. The van der Waals surface area contributed by atoms with Crippen LogP contribution in [-0.4, -0.2) is 34.1 Å². The first-order valence-corrected chi connectivity index (χ1v) is 9.18. The Kier molecular flexibility index (Phi) is 6.71. The molecule has 1 aliphatic heterocycles. The molecule has 0 aromatic carbocycles. The first-order chi connectivity index (χ1) is 12.2. The van der Waals surface area contributed by atoms with Gasteiger partial charge in [0.15, 0.2) is 0 Å². The molecule has 1 aromatic rings. The number of rotatable bonds is 6. The fraction of sp³-hybridized carbons (Fsp3) is 0.778. The Morgan fingerprint density at radius 3 is 2.81 bits per heavy atom. The maximum absolute atomic E-state index is 13.9. The third kappa shape index (κ3) is 4.58. The zero-order valence-corrected chi connectivity index (χ0v) is 15.7. The lowest BCUT2D eigenvalue weighted by Crippen LogP contribution is -2.59. The standard InChI is InChI=1S/C18H28F3N3O2/c1-4-5-7-14-8-6-9-26-17(11-14,18(19,20)21)16(25)22-12-15-10-13(2)24(3)23-15/h10,14H,4-9,11-12H2,1-3H3,(H,22,25)/t14-,17-/m0/s1. The Morgan fingerprint density at radius 1 is 1.50 bits per heavy atom. The van der Waals surface area contributed by atoms with Crippen molar-refractivity contribution in [2.45, 2.75) is 70.7 Å². The predicted molar refractivity (Wildman–Crippen MR) is 91.4 cm³/mol. The highest BCUT2D eigenvalue weighted by molar-refractivity contribution is 5.86. The number of unbranched alkanes of at least 4 members (excludes halogenated alkanes) is 1. The molecule has 1 aromatic heterocycles. The zero-order chi connectivity index (χ0) is 19.4. The lowest BCUT2D eigenvalue weighted by Gasteiger charge is -2.34. The van der Waals surface area contributed by atoms with E-state index in [4.69, 9.17) is 4.74 Å². The fourth-order valence-electron chi connectivity index (χ4n) is 3.44. The molecule has 26 heavy (non-hydrogen) atoms. The summed E-state index contributed by atoms with van der Waals surface area (Å²) in [5.41, 5.74) is -1.39. The van der Waals surface area contributed by atoms with E-state index in [1.54, 1.807) is 17.8 Å². The first kappa shape index (κ1) is 20.7. The van der Waals surface area contributed by atoms with Crippen molar-refractivity contribution in [2.75, 3.05) is 6.61 Å². The van der Waals surface area contributed by atoms with Gasteiger partial charge in [-0.15, -0.1) is 0 Å². The van der Waals surface area contributed by atoms with E-state index in [1.807, 2.05) is 13.8 Å². The summed E-state index contributed by atoms with van der Waals surface area (Å²) in [5, 5.41) is 6.57. The van der Waals surface area contributed by atoms with Crippen LogP contribution in [0.25, 0.3) is 0 Å². The molecule has 2 rings (SSSR count). The minimum Gasteiger partial charge on any atom is -0.357 e. The van der Waals surface area contributed by atoms with Gasteiger partial charge in [-0.3, -0.25) is 9.48 Å². The largest absolute Gasteiger partial charge is 0.426 e. The van der Waals surface area contributed by atoms with Gasteiger partial charge >= 0.3 is 6.18 Å². The third-order valence-electron chi connectivity index (χ3n) is 5.07. The van der Waals surface area contributed by atoms with E-state index in [2.05, 4.69) is 10.4 Å². The molecule has 0 saturated carbocycles. The lowest BCUT2D eigenvalue weighted by atomic mass is 9.84. The third-order valence-corrected chi connectivity index (χ3v) is 5.07. The van der Waals surface area contributed by atoms with Crippen LogP contribution in [0, 0.1) is 12.8 Å². The van der Waals surface area contributed by atoms with E-state index in [0.717, 1.165) is 18.5 Å². The smallest absolute Gasteiger partial charge is 0.357 e. The fourth-order valence-corrected chi connectivity index (χ4v) is 3.44. The van der Waals surface area contributed by atoms with Crippen molar-refractivity contribution in [2.24, 2.45) is 13.0 Å². The van der Waals surface area contributed by atoms with Gasteiger partial charge in [0.1, 0.15) is 0 Å². The Morgan fingerprint density at radius 2 is 2.23 bits per heavy atom. The maximum Gasteiger partial charge on any atom is 0.426 e. The van der Waals surface area contributed by atoms with Crippen LogP contribution in [0.5, 0.6) is 0 Å². The van der Waals surface area contributed by atoms with E-state index in [0.29, 0.717) is 25.0 Å². The number of nitrogens with zero attached hydrogens (tertiary/aromatic N) is 2. The Hall–Kier alpha value is -1.57. The van der Waals surface area contributed by atoms with Gasteiger partial charge in [0.2, 0.25) is 5.60 Å². The topological polar surface area (TPSA) is 56.1 Å². The van der Waals surface area contributed by atoms with Crippen LogP contribution in [0.1, 0.15) is 56.8 Å². The summed E-state index contributed by atoms with van der Waals surface area (Å²) >= 11 is 0. The van der Waals surface area contributed by atoms with Gasteiger partial charge in [0, 0.05) is 19.3 Å². The van der Waals surface area contributed by atoms with Crippen LogP contribution in [0.2, 0.25) is 0 Å². The van der Waals surface area contributed by atoms with Crippen molar-refractivity contribution < 1.29 is 22.7 Å². The zero-order valence-electron chi connectivity index (χ0n) is 15.7. The monoisotopic (exact) mass is 375 g/mol. The minimum atomic E-state index is -4.76. The summed E-state index contributed by atoms with van der Waals surface area (Å²) in [5.74, 6) is -1.28. The van der Waals surface area contributed by atoms with E-state index in [1.165, 1.54) is 0 Å². The Bertz CT molecular complexity index is 596. The molecular formula is C18H28F3N3O2. The molecule has 0 bridgehead atoms. The molecule has 1 N–H and O–H groups in total. The molecule has 0 aliphatic carbocycles. The van der Waals surface area contributed by atoms with Crippen LogP contribution >= 0.6 is 0 Å². The minimum absolute atomic E-state index is 0.0542. The summed E-state index contributed by atoms with van der Waals surface area (Å²) < 4.78 is 48.5. The SMILES string of the molecule is CCCC[C@H]1CCCO[C@@](C(=O)NCc2cc(C)n(C)n2)(C(F)(F)F)C1. The van der Waals surface area contributed by atoms with Crippen molar-refractivity contribution in [1.29, 1.82) is 0 Å². The van der Waals surface area contributed by atoms with Crippen molar-refractivity contribution in [1.82, 2.24) is 15.1 Å². The van der Waals surface area contributed by atoms with Crippen LogP contribution in [0.3, 0.4) is 0 Å². The second-order valence-electron chi connectivity index (χ2n) is 7.11. The van der Waals surface area contributed by atoms with Gasteiger partial charge in [-0.1, -0.05) is 26.2 Å². The normalized spacial score (nSPS) is 24.3. The van der Waals surface area contributed by atoms with E-state index in [-0.39, 0.29) is 25.5 Å². The van der Waals surface area contributed by atoms with Crippen molar-refractivity contribution >= 4 is 5.91 Å². The number of aryl methyl sites for hydroxylation is 2. The molecule has 2 atom stereocenters. The number of amides is 1. The van der Waals surface area contributed by atoms with Crippen molar-refractivity contribution in [3.63, 3.8) is 0 Å². The number of aromatic nitrogens is 2. The number of carbonyl (C=O) groups excluding carboxylic acids is 1. The molecule has 0 unspecified atom stereocenters. The summed E-state index contributed by atoms with van der Waals surface area (Å²) in [6.07, 6.45) is -1.42. The highest BCUT2D eigenvalue weighted by atomic mass is 19.4. The quantitative estimate of drug-likeness (QED) is 0.826. The highest BCUT2D eigenvalue weighted by Crippen LogP contribution is 2.43. The second-order valence-corrected chi connectivity index (χ2v) is 7.11. The molecule has 148 valence electrons. The lowest BCUT2D eigenvalue weighted by molar-refractivity contribution is -0.269. The molecule has 1 amide bonds. The van der Waals surface area contributed by atoms with Gasteiger partial charge in [0.25, 0.3) is 5.91 Å². The number of ether oxygens (including phenoxy) is 1. The van der Waals surface area contributed by atoms with Gasteiger partial charge in [-0.25, -0.2) is 0 Å². The van der Waals surface area contributed by atoms with Crippen molar-refractivity contribution in [3.05, 3.63) is 17.5 Å². The molecule has 5 nitrogen and oxygen atoms in total. The van der Waals surface area contributed by atoms with E-state index >= 15 is 0 Å². The molecular weight excluding hydrogens is 347 g/mol. The maximum atomic E-state index is 13.9. The van der Waals surface area contributed by atoms with Gasteiger partial charge in [0.05, 0.1) is 12.2 Å². The number of carbonyl (C=O) groups is 1. The second kappa shape index (κ2) is 8.41. The summed E-state index contributed by atoms with van der Waals surface area (Å²) in [6.45, 7) is 3.73. The molecule has 2 heterocycles. The molecule has 0 radical (unpaired) electrons. The average molecular weight is 375 g/mol. The first-order valence-electron chi connectivity index (χ1n) is 9.18. The molecule has 0 spiro atoms. The Balaban J connectivity index is 2.16. The number of alkyl halides is 3. The number of halogens is 3. The summed E-state index contributed by atoms with van der Waals surface area (Å²) in [4.78, 5) is 12.6. The number of nitrogens with one attached hydrogen (secondary N) is 1. The van der Waals surface area contributed by atoms with Gasteiger partial charge in [-0.2, -0.15) is 18.3 Å².